The zero-order chi connectivity index (χ0) is 21.0. The molecule has 3 rings (SSSR count). The number of piperazine rings is 1. The van der Waals surface area contributed by atoms with E-state index >= 15 is 0 Å². The summed E-state index contributed by atoms with van der Waals surface area (Å²) in [4.78, 5) is 31.0. The number of aromatic nitrogens is 1. The van der Waals surface area contributed by atoms with Crippen molar-refractivity contribution in [1.29, 1.82) is 5.26 Å². The lowest BCUT2D eigenvalue weighted by Crippen LogP contribution is -2.46. The Bertz CT molecular complexity index is 941. The molecule has 1 saturated heterocycles. The number of anilines is 2. The van der Waals surface area contributed by atoms with Crippen LogP contribution in [0.5, 0.6) is 0 Å². The average Bonchev–Trinajstić information content (AvgIpc) is 3.14. The van der Waals surface area contributed by atoms with Gasteiger partial charge >= 0.3 is 0 Å². The van der Waals surface area contributed by atoms with Gasteiger partial charge in [0, 0.05) is 44.5 Å². The summed E-state index contributed by atoms with van der Waals surface area (Å²) in [5.74, 6) is -2.65. The predicted molar refractivity (Wildman–Crippen MR) is 105 cm³/mol. The van der Waals surface area contributed by atoms with E-state index in [0.29, 0.717) is 37.9 Å². The van der Waals surface area contributed by atoms with Gasteiger partial charge < -0.3 is 4.90 Å². The number of nitrogens with zero attached hydrogens (tertiary/aromatic N) is 4. The van der Waals surface area contributed by atoms with Crippen molar-refractivity contribution in [1.82, 2.24) is 9.88 Å². The van der Waals surface area contributed by atoms with E-state index in [2.05, 4.69) is 15.2 Å². The van der Waals surface area contributed by atoms with Crippen LogP contribution >= 0.6 is 11.3 Å². The van der Waals surface area contributed by atoms with E-state index < -0.39 is 23.3 Å². The number of carbonyl (C=O) groups is 2. The second-order valence-electron chi connectivity index (χ2n) is 6.54. The van der Waals surface area contributed by atoms with Crippen molar-refractivity contribution < 1.29 is 18.4 Å². The van der Waals surface area contributed by atoms with Gasteiger partial charge in [-0.3, -0.25) is 19.8 Å². The summed E-state index contributed by atoms with van der Waals surface area (Å²) in [6.45, 7) is 4.15. The monoisotopic (exact) mass is 419 g/mol. The maximum Gasteiger partial charge on any atom is 0.293 e. The van der Waals surface area contributed by atoms with Gasteiger partial charge in [0.1, 0.15) is 5.69 Å². The van der Waals surface area contributed by atoms with Crippen LogP contribution in [-0.2, 0) is 16.1 Å². The van der Waals surface area contributed by atoms with Gasteiger partial charge in [-0.25, -0.2) is 13.8 Å². The standard InChI is InChI=1S/C19H19F2N5O2S/c1-2-16(27)18(28)24-19-23-13(11-29-19)10-25-3-5-26(6-4-25)17-14(20)7-12(9-22)8-15(17)21/h7-8,11H,2-6,10H2,1H3,(H,23,24,28). The molecule has 1 amide bonds. The molecule has 152 valence electrons. The highest BCUT2D eigenvalue weighted by Crippen LogP contribution is 2.26. The molecule has 29 heavy (non-hydrogen) atoms. The Kier molecular flexibility index (Phi) is 6.51. The number of amides is 1. The molecule has 1 aliphatic rings. The molecule has 7 nitrogen and oxygen atoms in total. The predicted octanol–water partition coefficient (Wildman–Crippen LogP) is 2.53. The fraction of sp³-hybridized carbons (Fsp3) is 0.368. The molecular formula is C19H19F2N5O2S. The number of carbonyl (C=O) groups excluding carboxylic acids is 2. The third kappa shape index (κ3) is 4.93. The van der Waals surface area contributed by atoms with E-state index in [1.807, 2.05) is 0 Å². The topological polar surface area (TPSA) is 89.3 Å². The highest BCUT2D eigenvalue weighted by molar-refractivity contribution is 7.14. The molecular weight excluding hydrogens is 400 g/mol. The Morgan fingerprint density at radius 1 is 1.24 bits per heavy atom. The molecule has 0 saturated carbocycles. The average molecular weight is 419 g/mol. The van der Waals surface area contributed by atoms with Crippen molar-refractivity contribution in [3.63, 3.8) is 0 Å². The zero-order valence-electron chi connectivity index (χ0n) is 15.7. The van der Waals surface area contributed by atoms with Crippen molar-refractivity contribution in [2.24, 2.45) is 0 Å². The van der Waals surface area contributed by atoms with Crippen molar-refractivity contribution >= 4 is 33.8 Å². The van der Waals surface area contributed by atoms with E-state index in [0.717, 1.165) is 17.8 Å². The third-order valence-electron chi connectivity index (χ3n) is 4.57. The first-order valence-corrected chi connectivity index (χ1v) is 9.94. The normalized spacial score (nSPS) is 14.5. The lowest BCUT2D eigenvalue weighted by Gasteiger charge is -2.36. The van der Waals surface area contributed by atoms with Gasteiger partial charge in [0.25, 0.3) is 5.91 Å². The summed E-state index contributed by atoms with van der Waals surface area (Å²) in [7, 11) is 0. The number of rotatable bonds is 6. The summed E-state index contributed by atoms with van der Waals surface area (Å²) in [5.41, 5.74) is 0.593. The molecule has 1 N–H and O–H groups in total. The largest absolute Gasteiger partial charge is 0.364 e. The molecule has 1 aliphatic heterocycles. The first-order valence-electron chi connectivity index (χ1n) is 9.06. The van der Waals surface area contributed by atoms with Crippen molar-refractivity contribution in [3.05, 3.63) is 40.4 Å². The Morgan fingerprint density at radius 2 is 1.90 bits per heavy atom. The van der Waals surface area contributed by atoms with Crippen molar-refractivity contribution in [2.45, 2.75) is 19.9 Å². The van der Waals surface area contributed by atoms with Crippen LogP contribution in [0.1, 0.15) is 24.6 Å². The summed E-state index contributed by atoms with van der Waals surface area (Å²) < 4.78 is 28.4. The molecule has 1 aromatic heterocycles. The minimum absolute atomic E-state index is 0.0468. The summed E-state index contributed by atoms with van der Waals surface area (Å²) in [6.07, 6.45) is 0.134. The minimum atomic E-state index is -0.739. The van der Waals surface area contributed by atoms with Gasteiger partial charge in [0.05, 0.1) is 17.3 Å². The van der Waals surface area contributed by atoms with Gasteiger partial charge in [-0.15, -0.1) is 11.3 Å². The molecule has 0 bridgehead atoms. The number of nitriles is 1. The maximum atomic E-state index is 14.2. The molecule has 1 fully saturated rings. The number of ketones is 1. The third-order valence-corrected chi connectivity index (χ3v) is 5.37. The molecule has 0 spiro atoms. The minimum Gasteiger partial charge on any atom is -0.364 e. The fourth-order valence-electron chi connectivity index (χ4n) is 3.06. The van der Waals surface area contributed by atoms with Crippen molar-refractivity contribution in [3.8, 4) is 6.07 Å². The van der Waals surface area contributed by atoms with Gasteiger partial charge in [-0.2, -0.15) is 5.26 Å². The lowest BCUT2D eigenvalue weighted by atomic mass is 10.1. The molecule has 1 aromatic carbocycles. The smallest absolute Gasteiger partial charge is 0.293 e. The molecule has 10 heteroatoms. The summed E-state index contributed by atoms with van der Waals surface area (Å²) in [6, 6.07) is 3.82. The van der Waals surface area contributed by atoms with Gasteiger partial charge in [-0.1, -0.05) is 6.92 Å². The van der Waals surface area contributed by atoms with E-state index in [-0.39, 0.29) is 17.7 Å². The van der Waals surface area contributed by atoms with E-state index in [4.69, 9.17) is 5.26 Å². The number of benzene rings is 1. The van der Waals surface area contributed by atoms with Gasteiger partial charge in [-0.05, 0) is 12.1 Å². The van der Waals surface area contributed by atoms with Crippen LogP contribution in [0.15, 0.2) is 17.5 Å². The Balaban J connectivity index is 1.57. The molecule has 2 heterocycles. The number of hydrogen-bond donors (Lipinski definition) is 1. The van der Waals surface area contributed by atoms with Crippen LogP contribution in [-0.4, -0.2) is 47.8 Å². The van der Waals surface area contributed by atoms with E-state index in [1.54, 1.807) is 23.3 Å². The second kappa shape index (κ2) is 9.07. The van der Waals surface area contributed by atoms with Crippen LogP contribution in [0, 0.1) is 23.0 Å². The first-order chi connectivity index (χ1) is 13.9. The van der Waals surface area contributed by atoms with Gasteiger partial charge in [0.2, 0.25) is 5.78 Å². The van der Waals surface area contributed by atoms with Crippen LogP contribution in [0.2, 0.25) is 0 Å². The molecule has 0 atom stereocenters. The number of thiazole rings is 1. The SMILES string of the molecule is CCC(=O)C(=O)Nc1nc(CN2CCN(c3c(F)cc(C#N)cc3F)CC2)cs1. The fourth-order valence-corrected chi connectivity index (χ4v) is 3.75. The Morgan fingerprint density at radius 3 is 2.48 bits per heavy atom. The second-order valence-corrected chi connectivity index (χ2v) is 7.40. The lowest BCUT2D eigenvalue weighted by molar-refractivity contribution is -0.134. The number of hydrogen-bond acceptors (Lipinski definition) is 7. The van der Waals surface area contributed by atoms with Crippen molar-refractivity contribution in [2.75, 3.05) is 36.4 Å². The van der Waals surface area contributed by atoms with E-state index in [9.17, 15) is 18.4 Å². The maximum absolute atomic E-state index is 14.2. The summed E-state index contributed by atoms with van der Waals surface area (Å²) in [5, 5.41) is 13.5. The van der Waals surface area contributed by atoms with Gasteiger partial charge in [0.15, 0.2) is 16.8 Å². The quantitative estimate of drug-likeness (QED) is 0.724. The molecule has 0 unspecified atom stereocenters. The van der Waals surface area contributed by atoms with Crippen LogP contribution < -0.4 is 10.2 Å². The zero-order valence-corrected chi connectivity index (χ0v) is 16.6. The number of halogens is 2. The van der Waals surface area contributed by atoms with E-state index in [1.165, 1.54) is 11.3 Å². The molecule has 0 radical (unpaired) electrons. The number of nitrogens with one attached hydrogen (secondary N) is 1. The summed E-state index contributed by atoms with van der Waals surface area (Å²) >= 11 is 1.24. The Hall–Kier alpha value is -2.90. The number of Topliss-reactive ketones (excluding diaryl/α,β-unsaturated/α-hetero) is 1. The van der Waals surface area contributed by atoms with Crippen LogP contribution in [0.25, 0.3) is 0 Å². The molecule has 0 aliphatic carbocycles. The Labute approximate surface area is 170 Å². The van der Waals surface area contributed by atoms with Crippen LogP contribution in [0.3, 0.4) is 0 Å². The highest BCUT2D eigenvalue weighted by atomic mass is 32.1. The molecule has 2 aromatic rings. The highest BCUT2D eigenvalue weighted by Gasteiger charge is 2.24. The first kappa shape index (κ1) is 20.8. The van der Waals surface area contributed by atoms with Crippen LogP contribution in [0.4, 0.5) is 19.6 Å².